The van der Waals surface area contributed by atoms with Gasteiger partial charge in [-0.1, -0.05) is 0 Å². The number of carbonyl (C=O) groups is 6. The second-order valence-corrected chi connectivity index (χ2v) is 13.8. The summed E-state index contributed by atoms with van der Waals surface area (Å²) in [5.41, 5.74) is 2.19. The zero-order chi connectivity index (χ0) is 34.3. The van der Waals surface area contributed by atoms with Crippen LogP contribution >= 0.6 is 7.67 Å². The average molecular weight is 678 g/mol. The van der Waals surface area contributed by atoms with Crippen molar-refractivity contribution in [2.24, 2.45) is 0 Å². The van der Waals surface area contributed by atoms with Gasteiger partial charge in [0.05, 0.1) is 25.6 Å². The minimum atomic E-state index is -3.78. The van der Waals surface area contributed by atoms with Crippen molar-refractivity contribution in [3.05, 3.63) is 11.5 Å². The lowest BCUT2D eigenvalue weighted by molar-refractivity contribution is -0.167. The maximum Gasteiger partial charge on any atom is 0.395 e. The van der Waals surface area contributed by atoms with Crippen molar-refractivity contribution in [3.63, 3.8) is 0 Å². The highest BCUT2D eigenvalue weighted by molar-refractivity contribution is 7.54. The van der Waals surface area contributed by atoms with Crippen molar-refractivity contribution >= 4 is 43.7 Å². The van der Waals surface area contributed by atoms with Gasteiger partial charge in [-0.25, -0.2) is 18.7 Å². The normalized spacial score (nSPS) is 24.0. The number of nitrogens with zero attached hydrogens (tertiary/aromatic N) is 4. The molecule has 0 aliphatic carbocycles. The van der Waals surface area contributed by atoms with E-state index in [0.29, 0.717) is 19.1 Å². The molecule has 258 valence electrons. The molecule has 20 heteroatoms. The monoisotopic (exact) mass is 677 g/mol. The quantitative estimate of drug-likeness (QED) is 0.0473. The first kappa shape index (κ1) is 36.9. The molecular formula is C26H40N5O14P. The number of aliphatic hydroxyl groups excluding tert-OH is 3. The number of rotatable bonds is 15. The van der Waals surface area contributed by atoms with Gasteiger partial charge >= 0.3 is 25.6 Å². The van der Waals surface area contributed by atoms with Crippen LogP contribution in [-0.4, -0.2) is 155 Å². The fourth-order valence-corrected chi connectivity index (χ4v) is 6.57. The third-order valence-corrected chi connectivity index (χ3v) is 10.0. The number of hydrogen-bond donors (Lipinski definition) is 4. The fraction of sp³-hybridized carbons (Fsp3) is 0.692. The highest BCUT2D eigenvalue weighted by atomic mass is 31.2. The Balaban J connectivity index is 1.46. The van der Waals surface area contributed by atoms with Crippen LogP contribution in [0.2, 0.25) is 0 Å². The molecular weight excluding hydrogens is 637 g/mol. The second kappa shape index (κ2) is 15.8. The number of nitrogens with one attached hydrogen (secondary N) is 1. The Morgan fingerprint density at radius 1 is 1.09 bits per heavy atom. The first-order valence-electron chi connectivity index (χ1n) is 14.4. The van der Waals surface area contributed by atoms with Gasteiger partial charge < -0.3 is 48.7 Å². The first-order chi connectivity index (χ1) is 21.7. The summed E-state index contributed by atoms with van der Waals surface area (Å²) < 4.78 is 30.8. The van der Waals surface area contributed by atoms with E-state index in [9.17, 15) is 48.7 Å². The van der Waals surface area contributed by atoms with E-state index in [0.717, 1.165) is 0 Å². The predicted octanol–water partition coefficient (Wildman–Crippen LogP) is -2.19. The number of ether oxygens (including phenoxy) is 2. The lowest BCUT2D eigenvalue weighted by atomic mass is 10.1. The molecule has 0 aromatic heterocycles. The van der Waals surface area contributed by atoms with Gasteiger partial charge in [0.2, 0.25) is 17.9 Å². The van der Waals surface area contributed by atoms with Crippen molar-refractivity contribution in [1.29, 1.82) is 0 Å². The molecule has 3 rings (SSSR count). The fourth-order valence-electron chi connectivity index (χ4n) is 5.13. The molecule has 0 aromatic carbocycles. The van der Waals surface area contributed by atoms with E-state index in [1.54, 1.807) is 0 Å². The van der Waals surface area contributed by atoms with Gasteiger partial charge in [0.1, 0.15) is 24.9 Å². The molecule has 0 radical (unpaired) electrons. The summed E-state index contributed by atoms with van der Waals surface area (Å²) in [6.07, 6.45) is -3.64. The predicted molar refractivity (Wildman–Crippen MR) is 153 cm³/mol. The minimum Gasteiger partial charge on any atom is -0.505 e. The van der Waals surface area contributed by atoms with E-state index in [-0.39, 0.29) is 19.5 Å². The summed E-state index contributed by atoms with van der Waals surface area (Å²) in [6.45, 7) is -0.925. The van der Waals surface area contributed by atoms with Gasteiger partial charge in [-0.15, -0.1) is 5.48 Å². The number of esters is 2. The summed E-state index contributed by atoms with van der Waals surface area (Å²) in [7, 11) is 1.91. The molecule has 4 N–H and O–H groups in total. The maximum absolute atomic E-state index is 13.1. The van der Waals surface area contributed by atoms with E-state index >= 15 is 0 Å². The van der Waals surface area contributed by atoms with Crippen LogP contribution < -0.4 is 5.48 Å². The first-order valence-corrected chi connectivity index (χ1v) is 15.9. The SMILES string of the molecule is CN(C)P(=O)(OC1=C(O)C(C(CO)OC(=O)CCC(=O)ONCC(=O)N2CCCC2C(=O)N2CCC(O)C2C=O)OC1=O)N(C)C. The van der Waals surface area contributed by atoms with Crippen molar-refractivity contribution in [2.45, 2.75) is 62.5 Å². The number of cyclic esters (lactones) is 1. The van der Waals surface area contributed by atoms with Crippen molar-refractivity contribution in [3.8, 4) is 0 Å². The molecule has 2 saturated heterocycles. The Bertz CT molecular complexity index is 1260. The van der Waals surface area contributed by atoms with Gasteiger partial charge in [0.15, 0.2) is 11.9 Å². The molecule has 0 saturated carbocycles. The number of hydroxylamine groups is 1. The van der Waals surface area contributed by atoms with Crippen molar-refractivity contribution in [2.75, 3.05) is 54.4 Å². The Kier molecular flexibility index (Phi) is 12.7. The Morgan fingerprint density at radius 2 is 1.74 bits per heavy atom. The molecule has 19 nitrogen and oxygen atoms in total. The molecule has 3 aliphatic heterocycles. The van der Waals surface area contributed by atoms with Gasteiger partial charge in [0.25, 0.3) is 5.76 Å². The number of likely N-dealkylation sites (tertiary alicyclic amines) is 2. The second-order valence-electron chi connectivity index (χ2n) is 11.1. The van der Waals surface area contributed by atoms with E-state index in [4.69, 9.17) is 18.8 Å². The largest absolute Gasteiger partial charge is 0.505 e. The van der Waals surface area contributed by atoms with Gasteiger partial charge in [-0.2, -0.15) is 0 Å². The average Bonchev–Trinajstić information content (AvgIpc) is 3.72. The van der Waals surface area contributed by atoms with Gasteiger partial charge in [0, 0.05) is 13.1 Å². The molecule has 5 unspecified atom stereocenters. The van der Waals surface area contributed by atoms with Crippen LogP contribution in [0.1, 0.15) is 32.1 Å². The number of carbonyl (C=O) groups excluding carboxylic acids is 6. The van der Waals surface area contributed by atoms with Gasteiger partial charge in [-0.05, 0) is 47.5 Å². The summed E-state index contributed by atoms with van der Waals surface area (Å²) >= 11 is 0. The number of aldehydes is 1. The van der Waals surface area contributed by atoms with E-state index in [1.165, 1.54) is 47.3 Å². The molecule has 3 heterocycles. The molecule has 46 heavy (non-hydrogen) atoms. The number of hydrogen-bond acceptors (Lipinski definition) is 15. The molecule has 0 spiro atoms. The van der Waals surface area contributed by atoms with Gasteiger partial charge in [-0.3, -0.25) is 19.2 Å². The number of amides is 2. The van der Waals surface area contributed by atoms with Crippen LogP contribution in [0, 0.1) is 0 Å². The minimum absolute atomic E-state index is 0.190. The zero-order valence-corrected chi connectivity index (χ0v) is 26.8. The van der Waals surface area contributed by atoms with Crippen LogP contribution in [0.15, 0.2) is 11.5 Å². The Morgan fingerprint density at radius 3 is 2.35 bits per heavy atom. The Hall–Kier alpha value is -3.61. The van der Waals surface area contributed by atoms with E-state index in [2.05, 4.69) is 5.48 Å². The van der Waals surface area contributed by atoms with Crippen LogP contribution in [0.3, 0.4) is 0 Å². The summed E-state index contributed by atoms with van der Waals surface area (Å²) in [5.74, 6) is -5.81. The standard InChI is InChI=1S/C26H40N5O14P/c1-28(2)46(41,29(3)4)45-24-22(38)23(43-26(24)40)18(14-33)42-20(36)7-8-21(37)44-27-12-19(35)30-10-5-6-15(30)25(39)31-11-9-17(34)16(31)13-32/h13,15-18,23,27,33-34,38H,5-12,14H2,1-4H3. The molecule has 3 aliphatic rings. The molecule has 0 aromatic rings. The van der Waals surface area contributed by atoms with Crippen LogP contribution in [-0.2, 0) is 52.2 Å². The summed E-state index contributed by atoms with van der Waals surface area (Å²) in [6, 6.07) is -1.80. The lowest BCUT2D eigenvalue weighted by Gasteiger charge is -2.30. The van der Waals surface area contributed by atoms with E-state index < -0.39 is 105 Å². The third-order valence-electron chi connectivity index (χ3n) is 7.59. The van der Waals surface area contributed by atoms with Crippen LogP contribution in [0.4, 0.5) is 0 Å². The highest BCUT2D eigenvalue weighted by Crippen LogP contribution is 2.53. The molecule has 5 atom stereocenters. The van der Waals surface area contributed by atoms with Crippen molar-refractivity contribution < 1.29 is 67.5 Å². The topological polar surface area (TPSA) is 242 Å². The number of aliphatic hydroxyl groups is 3. The van der Waals surface area contributed by atoms with Crippen LogP contribution in [0.5, 0.6) is 0 Å². The zero-order valence-electron chi connectivity index (χ0n) is 25.9. The highest BCUT2D eigenvalue weighted by Gasteiger charge is 2.47. The maximum atomic E-state index is 13.1. The van der Waals surface area contributed by atoms with E-state index in [1.807, 2.05) is 0 Å². The van der Waals surface area contributed by atoms with Crippen LogP contribution in [0.25, 0.3) is 0 Å². The lowest BCUT2D eigenvalue weighted by Crippen LogP contribution is -2.52. The smallest absolute Gasteiger partial charge is 0.395 e. The summed E-state index contributed by atoms with van der Waals surface area (Å²) in [4.78, 5) is 81.2. The molecule has 2 fully saturated rings. The molecule has 2 amide bonds. The third kappa shape index (κ3) is 8.21. The molecule has 0 bridgehead atoms. The Labute approximate surface area is 264 Å². The summed E-state index contributed by atoms with van der Waals surface area (Å²) in [5, 5.41) is 30.2. The van der Waals surface area contributed by atoms with Crippen molar-refractivity contribution in [1.82, 2.24) is 24.6 Å².